The van der Waals surface area contributed by atoms with Crippen molar-refractivity contribution in [3.05, 3.63) is 0 Å². The maximum absolute atomic E-state index is 11.3. The summed E-state index contributed by atoms with van der Waals surface area (Å²) in [6, 6.07) is -1.16. The van der Waals surface area contributed by atoms with Crippen LogP contribution < -0.4 is 5.73 Å². The number of hydrogen-bond donors (Lipinski definition) is 5. The molecule has 9 nitrogen and oxygen atoms in total. The Morgan fingerprint density at radius 2 is 1.62 bits per heavy atom. The molecule has 0 saturated carbocycles. The lowest BCUT2D eigenvalue weighted by molar-refractivity contribution is -0.149. The molecule has 24 heavy (non-hydrogen) atoms. The smallest absolute Gasteiger partial charge is 0.320 e. The first-order chi connectivity index (χ1) is 11.3. The highest BCUT2D eigenvalue weighted by molar-refractivity contribution is 7.80. The third kappa shape index (κ3) is 10.8. The molecule has 0 heterocycles. The van der Waals surface area contributed by atoms with Crippen LogP contribution in [0.3, 0.4) is 0 Å². The number of nitrogens with zero attached hydrogens (tertiary/aromatic N) is 2. The van der Waals surface area contributed by atoms with Crippen LogP contribution in [-0.2, 0) is 14.4 Å². The number of carboxylic acids is 3. The van der Waals surface area contributed by atoms with E-state index < -0.39 is 37.0 Å². The van der Waals surface area contributed by atoms with Crippen LogP contribution in [0.4, 0.5) is 0 Å². The number of hydrogen-bond acceptors (Lipinski definition) is 6. The monoisotopic (exact) mass is 363 g/mol. The average Bonchev–Trinajstić information content (AvgIpc) is 2.46. The number of aliphatic carboxylic acids is 3. The summed E-state index contributed by atoms with van der Waals surface area (Å²) in [5.41, 5.74) is 5.69. The zero-order valence-corrected chi connectivity index (χ0v) is 14.3. The number of amidine groups is 1. The molecule has 5 N–H and O–H groups in total. The lowest BCUT2D eigenvalue weighted by Crippen LogP contribution is -2.46. The predicted octanol–water partition coefficient (Wildman–Crippen LogP) is 0.148. The predicted molar refractivity (Wildman–Crippen MR) is 91.7 cm³/mol. The van der Waals surface area contributed by atoms with E-state index in [0.717, 1.165) is 17.1 Å². The molecule has 0 radical (unpaired) electrons. The van der Waals surface area contributed by atoms with Crippen LogP contribution in [0.2, 0.25) is 0 Å². The highest BCUT2D eigenvalue weighted by Gasteiger charge is 2.28. The van der Waals surface area contributed by atoms with Gasteiger partial charge < -0.3 is 21.1 Å². The van der Waals surface area contributed by atoms with Gasteiger partial charge >= 0.3 is 17.9 Å². The maximum atomic E-state index is 11.3. The second-order valence-electron chi connectivity index (χ2n) is 5.24. The van der Waals surface area contributed by atoms with Crippen LogP contribution in [0.25, 0.3) is 0 Å². The Morgan fingerprint density at radius 1 is 1.04 bits per heavy atom. The van der Waals surface area contributed by atoms with Crippen molar-refractivity contribution in [2.24, 2.45) is 10.7 Å². The van der Waals surface area contributed by atoms with Gasteiger partial charge in [-0.05, 0) is 31.4 Å². The van der Waals surface area contributed by atoms with Crippen molar-refractivity contribution in [3.63, 3.8) is 0 Å². The van der Waals surface area contributed by atoms with Gasteiger partial charge in [0.25, 0.3) is 0 Å². The lowest BCUT2D eigenvalue weighted by atomic mass is 10.1. The summed E-state index contributed by atoms with van der Waals surface area (Å²) in [6.45, 7) is -0.835. The summed E-state index contributed by atoms with van der Waals surface area (Å²) in [7, 11) is 0. The largest absolute Gasteiger partial charge is 0.480 e. The molecule has 0 aromatic heterocycles. The standard InChI is InChI=1S/C14H25N3O6S/c15-11(5-3-7-24)16-6-2-1-4-10(14(22)23)17(8-12(18)19)9-13(20)21/h10,24H,1-9H2,(H2,15,16)(H,18,19)(H,20,21)(H,22,23). The van der Waals surface area contributed by atoms with Gasteiger partial charge in [0.05, 0.1) is 18.9 Å². The van der Waals surface area contributed by atoms with E-state index in [2.05, 4.69) is 17.6 Å². The summed E-state index contributed by atoms with van der Waals surface area (Å²) in [6.07, 6.45) is 2.68. The van der Waals surface area contributed by atoms with Crippen molar-refractivity contribution < 1.29 is 29.7 Å². The average molecular weight is 363 g/mol. The van der Waals surface area contributed by atoms with Gasteiger partial charge in [-0.15, -0.1) is 0 Å². The Bertz CT molecular complexity index is 442. The van der Waals surface area contributed by atoms with Gasteiger partial charge in [0, 0.05) is 13.0 Å². The van der Waals surface area contributed by atoms with Gasteiger partial charge in [0.15, 0.2) is 0 Å². The molecule has 10 heteroatoms. The summed E-state index contributed by atoms with van der Waals surface area (Å²) in [5.74, 6) is -2.54. The molecule has 0 rings (SSSR count). The minimum atomic E-state index is -1.27. The molecular weight excluding hydrogens is 338 g/mol. The second kappa shape index (κ2) is 12.6. The van der Waals surface area contributed by atoms with E-state index in [1.807, 2.05) is 0 Å². The molecule has 0 fully saturated rings. The summed E-state index contributed by atoms with van der Waals surface area (Å²) in [4.78, 5) is 38.0. The van der Waals surface area contributed by atoms with Crippen molar-refractivity contribution in [1.29, 1.82) is 0 Å². The van der Waals surface area contributed by atoms with Crippen molar-refractivity contribution in [1.82, 2.24) is 4.90 Å². The molecule has 0 spiro atoms. The molecule has 0 aliphatic carbocycles. The summed E-state index contributed by atoms with van der Waals surface area (Å²) in [5, 5.41) is 26.8. The SMILES string of the molecule is NC(CCCS)=NCCCCC(C(=O)O)N(CC(=O)O)CC(=O)O. The van der Waals surface area contributed by atoms with Crippen molar-refractivity contribution >= 4 is 36.4 Å². The lowest BCUT2D eigenvalue weighted by Gasteiger charge is -2.25. The molecule has 0 bridgehead atoms. The van der Waals surface area contributed by atoms with E-state index in [-0.39, 0.29) is 6.42 Å². The van der Waals surface area contributed by atoms with Crippen LogP contribution >= 0.6 is 12.6 Å². The number of rotatable bonds is 14. The third-order valence-corrected chi connectivity index (χ3v) is 3.51. The van der Waals surface area contributed by atoms with Crippen molar-refractivity contribution in [2.45, 2.75) is 38.1 Å². The van der Waals surface area contributed by atoms with E-state index in [0.29, 0.717) is 31.6 Å². The number of nitrogens with two attached hydrogens (primary N) is 1. The molecule has 138 valence electrons. The van der Waals surface area contributed by atoms with Crippen LogP contribution in [0.1, 0.15) is 32.1 Å². The fourth-order valence-electron chi connectivity index (χ4n) is 2.10. The number of thiol groups is 1. The first kappa shape index (κ1) is 22.2. The second-order valence-corrected chi connectivity index (χ2v) is 5.69. The fourth-order valence-corrected chi connectivity index (χ4v) is 2.26. The molecule has 0 aromatic rings. The van der Waals surface area contributed by atoms with Crippen molar-refractivity contribution in [2.75, 3.05) is 25.4 Å². The molecule has 0 aromatic carbocycles. The first-order valence-corrected chi connectivity index (χ1v) is 8.21. The third-order valence-electron chi connectivity index (χ3n) is 3.19. The van der Waals surface area contributed by atoms with Gasteiger partial charge in [0.1, 0.15) is 6.04 Å². The number of carboxylic acid groups (broad SMARTS) is 3. The minimum Gasteiger partial charge on any atom is -0.480 e. The quantitative estimate of drug-likeness (QED) is 0.126. The first-order valence-electron chi connectivity index (χ1n) is 7.58. The Kier molecular flexibility index (Phi) is 11.6. The van der Waals surface area contributed by atoms with Crippen LogP contribution in [0.15, 0.2) is 4.99 Å². The van der Waals surface area contributed by atoms with Crippen LogP contribution in [0, 0.1) is 0 Å². The van der Waals surface area contributed by atoms with Crippen LogP contribution in [0.5, 0.6) is 0 Å². The molecule has 0 saturated heterocycles. The molecule has 1 unspecified atom stereocenters. The summed E-state index contributed by atoms with van der Waals surface area (Å²) < 4.78 is 0. The molecule has 0 aliphatic rings. The highest BCUT2D eigenvalue weighted by atomic mass is 32.1. The van der Waals surface area contributed by atoms with E-state index in [1.165, 1.54) is 0 Å². The van der Waals surface area contributed by atoms with Crippen molar-refractivity contribution in [3.8, 4) is 0 Å². The topological polar surface area (TPSA) is 154 Å². The normalized spacial score (nSPS) is 13.0. The molecule has 0 amide bonds. The zero-order valence-electron chi connectivity index (χ0n) is 13.4. The molecule has 0 aliphatic heterocycles. The Labute approximate surface area is 146 Å². The van der Waals surface area contributed by atoms with Gasteiger partial charge in [-0.3, -0.25) is 24.3 Å². The van der Waals surface area contributed by atoms with Gasteiger partial charge in [-0.25, -0.2) is 0 Å². The van der Waals surface area contributed by atoms with E-state index >= 15 is 0 Å². The fraction of sp³-hybridized carbons (Fsp3) is 0.714. The number of unbranched alkanes of at least 4 members (excludes halogenated alkanes) is 1. The van der Waals surface area contributed by atoms with Gasteiger partial charge in [-0.1, -0.05) is 0 Å². The van der Waals surface area contributed by atoms with Gasteiger partial charge in [-0.2, -0.15) is 12.6 Å². The maximum Gasteiger partial charge on any atom is 0.320 e. The summed E-state index contributed by atoms with van der Waals surface area (Å²) >= 11 is 4.07. The van der Waals surface area contributed by atoms with Gasteiger partial charge in [0.2, 0.25) is 0 Å². The number of carbonyl (C=O) groups is 3. The molecule has 1 atom stereocenters. The van der Waals surface area contributed by atoms with E-state index in [9.17, 15) is 19.5 Å². The zero-order chi connectivity index (χ0) is 18.5. The Morgan fingerprint density at radius 3 is 2.08 bits per heavy atom. The molecular formula is C14H25N3O6S. The van der Waals surface area contributed by atoms with Crippen LogP contribution in [-0.4, -0.2) is 75.4 Å². The highest BCUT2D eigenvalue weighted by Crippen LogP contribution is 2.10. The Hall–Kier alpha value is -1.81. The Balaban J connectivity index is 4.47. The number of aliphatic imine (C=N–C) groups is 1. The minimum absolute atomic E-state index is 0.141. The van der Waals surface area contributed by atoms with E-state index in [4.69, 9.17) is 15.9 Å². The van der Waals surface area contributed by atoms with E-state index in [1.54, 1.807) is 0 Å².